The van der Waals surface area contributed by atoms with E-state index in [-0.39, 0.29) is 0 Å². The molecule has 0 aromatic carbocycles. The second-order valence-electron chi connectivity index (χ2n) is 3.47. The van der Waals surface area contributed by atoms with Crippen LogP contribution in [0.1, 0.15) is 20.8 Å². The molecule has 0 fully saturated rings. The summed E-state index contributed by atoms with van der Waals surface area (Å²) in [5, 5.41) is 36.9. The van der Waals surface area contributed by atoms with Crippen molar-refractivity contribution in [1.82, 2.24) is 0 Å². The zero-order valence-electron chi connectivity index (χ0n) is 7.98. The van der Waals surface area contributed by atoms with Crippen LogP contribution in [0.4, 0.5) is 0 Å². The summed E-state index contributed by atoms with van der Waals surface area (Å²) in [6, 6.07) is 0. The third kappa shape index (κ3) is 2.05. The maximum Gasteiger partial charge on any atom is 0.164 e. The predicted octanol–water partition coefficient (Wildman–Crippen LogP) is -1.57. The van der Waals surface area contributed by atoms with E-state index in [9.17, 15) is 15.0 Å². The molecule has 3 atom stereocenters. The predicted molar refractivity (Wildman–Crippen MR) is 45.0 cm³/mol. The van der Waals surface area contributed by atoms with Gasteiger partial charge in [-0.25, -0.2) is 0 Å². The van der Waals surface area contributed by atoms with Crippen LogP contribution >= 0.6 is 0 Å². The first-order valence-corrected chi connectivity index (χ1v) is 3.92. The average molecular weight is 192 g/mol. The molecule has 0 radical (unpaired) electrons. The van der Waals surface area contributed by atoms with Crippen LogP contribution in [0.2, 0.25) is 0 Å². The molecule has 0 bridgehead atoms. The molecule has 0 saturated carbocycles. The summed E-state index contributed by atoms with van der Waals surface area (Å²) < 4.78 is 0. The van der Waals surface area contributed by atoms with Crippen LogP contribution in [0.25, 0.3) is 0 Å². The monoisotopic (exact) mass is 192 g/mol. The minimum atomic E-state index is -2.07. The Bertz CT molecular complexity index is 197. The van der Waals surface area contributed by atoms with Crippen molar-refractivity contribution in [3.8, 4) is 0 Å². The van der Waals surface area contributed by atoms with Gasteiger partial charge in [-0.2, -0.15) is 0 Å². The lowest BCUT2D eigenvalue weighted by molar-refractivity contribution is -0.195. The van der Waals surface area contributed by atoms with E-state index in [1.807, 2.05) is 0 Å². The van der Waals surface area contributed by atoms with Crippen LogP contribution in [-0.2, 0) is 4.79 Å². The second kappa shape index (κ2) is 3.71. The Hall–Kier alpha value is -0.490. The SMILES string of the molecule is CC(=O)[C@](C)(O)[C@@](C)(O)[C@H](O)CO. The Morgan fingerprint density at radius 1 is 1.38 bits per heavy atom. The number of aliphatic hydroxyl groups excluding tert-OH is 2. The van der Waals surface area contributed by atoms with E-state index < -0.39 is 29.7 Å². The third-order valence-electron chi connectivity index (χ3n) is 2.49. The van der Waals surface area contributed by atoms with Gasteiger partial charge in [0.15, 0.2) is 11.4 Å². The number of Topliss-reactive ketones (excluding diaryl/α,β-unsaturated/α-hetero) is 1. The first-order chi connectivity index (χ1) is 5.67. The van der Waals surface area contributed by atoms with Crippen molar-refractivity contribution in [3.63, 3.8) is 0 Å². The molecule has 0 aliphatic heterocycles. The maximum atomic E-state index is 10.9. The Labute approximate surface area is 76.6 Å². The van der Waals surface area contributed by atoms with E-state index in [0.29, 0.717) is 0 Å². The van der Waals surface area contributed by atoms with Crippen molar-refractivity contribution < 1.29 is 25.2 Å². The van der Waals surface area contributed by atoms with Crippen molar-refractivity contribution in [2.45, 2.75) is 38.1 Å². The van der Waals surface area contributed by atoms with E-state index in [4.69, 9.17) is 10.2 Å². The van der Waals surface area contributed by atoms with Gasteiger partial charge in [-0.15, -0.1) is 0 Å². The normalized spacial score (nSPS) is 23.0. The Kier molecular flexibility index (Phi) is 3.57. The smallest absolute Gasteiger partial charge is 0.164 e. The van der Waals surface area contributed by atoms with E-state index in [1.165, 1.54) is 0 Å². The highest BCUT2D eigenvalue weighted by molar-refractivity contribution is 5.85. The van der Waals surface area contributed by atoms with Gasteiger partial charge in [0.1, 0.15) is 11.7 Å². The summed E-state index contributed by atoms with van der Waals surface area (Å²) in [6.45, 7) is 2.55. The summed E-state index contributed by atoms with van der Waals surface area (Å²) in [5.41, 5.74) is -4.14. The van der Waals surface area contributed by atoms with Gasteiger partial charge in [-0.3, -0.25) is 4.79 Å². The lowest BCUT2D eigenvalue weighted by Crippen LogP contribution is -2.62. The van der Waals surface area contributed by atoms with E-state index >= 15 is 0 Å². The molecule has 0 unspecified atom stereocenters. The molecular weight excluding hydrogens is 176 g/mol. The zero-order valence-corrected chi connectivity index (χ0v) is 7.98. The molecule has 0 saturated heterocycles. The molecule has 13 heavy (non-hydrogen) atoms. The molecule has 78 valence electrons. The fourth-order valence-corrected chi connectivity index (χ4v) is 0.859. The molecule has 5 nitrogen and oxygen atoms in total. The molecular formula is C8H16O5. The quantitative estimate of drug-likeness (QED) is 0.431. The standard InChI is InChI=1S/C8H16O5/c1-5(10)7(2,12)8(3,13)6(11)4-9/h6,9,11-13H,4H2,1-3H3/t6-,7+,8+/m1/s1. The summed E-state index contributed by atoms with van der Waals surface area (Å²) in [7, 11) is 0. The molecule has 5 heteroatoms. The second-order valence-corrected chi connectivity index (χ2v) is 3.47. The number of hydrogen-bond donors (Lipinski definition) is 4. The van der Waals surface area contributed by atoms with E-state index in [2.05, 4.69) is 0 Å². The topological polar surface area (TPSA) is 98.0 Å². The van der Waals surface area contributed by atoms with Crippen molar-refractivity contribution >= 4 is 5.78 Å². The van der Waals surface area contributed by atoms with Crippen LogP contribution in [0.5, 0.6) is 0 Å². The van der Waals surface area contributed by atoms with Crippen molar-refractivity contribution in [1.29, 1.82) is 0 Å². The minimum Gasteiger partial charge on any atom is -0.394 e. The van der Waals surface area contributed by atoms with Gasteiger partial charge >= 0.3 is 0 Å². The number of carbonyl (C=O) groups excluding carboxylic acids is 1. The highest BCUT2D eigenvalue weighted by Crippen LogP contribution is 2.26. The average Bonchev–Trinajstić information content (AvgIpc) is 2.02. The largest absolute Gasteiger partial charge is 0.394 e. The lowest BCUT2D eigenvalue weighted by Gasteiger charge is -2.39. The van der Waals surface area contributed by atoms with Crippen LogP contribution in [0.3, 0.4) is 0 Å². The lowest BCUT2D eigenvalue weighted by atomic mass is 9.79. The Morgan fingerprint density at radius 2 is 1.77 bits per heavy atom. The first kappa shape index (κ1) is 12.5. The van der Waals surface area contributed by atoms with Gasteiger partial charge in [0.25, 0.3) is 0 Å². The highest BCUT2D eigenvalue weighted by Gasteiger charge is 2.50. The summed E-state index contributed by atoms with van der Waals surface area (Å²) in [5.74, 6) is -0.676. The van der Waals surface area contributed by atoms with Crippen LogP contribution in [0.15, 0.2) is 0 Å². The number of hydrogen-bond acceptors (Lipinski definition) is 5. The van der Waals surface area contributed by atoms with Crippen molar-refractivity contribution in [2.75, 3.05) is 6.61 Å². The molecule has 0 aliphatic carbocycles. The number of carbonyl (C=O) groups is 1. The number of aliphatic hydroxyl groups is 4. The van der Waals surface area contributed by atoms with Gasteiger partial charge in [0, 0.05) is 0 Å². The minimum absolute atomic E-state index is 0.676. The summed E-state index contributed by atoms with van der Waals surface area (Å²) >= 11 is 0. The van der Waals surface area contributed by atoms with Crippen LogP contribution in [-0.4, -0.2) is 50.1 Å². The fraction of sp³-hybridized carbons (Fsp3) is 0.875. The molecule has 0 aliphatic rings. The van der Waals surface area contributed by atoms with Gasteiger partial charge in [0.2, 0.25) is 0 Å². The molecule has 0 amide bonds. The van der Waals surface area contributed by atoms with Crippen LogP contribution in [0, 0.1) is 0 Å². The summed E-state index contributed by atoms with van der Waals surface area (Å²) in [4.78, 5) is 10.9. The molecule has 4 N–H and O–H groups in total. The third-order valence-corrected chi connectivity index (χ3v) is 2.49. The molecule has 0 aromatic rings. The Morgan fingerprint density at radius 3 is 2.00 bits per heavy atom. The molecule has 0 rings (SSSR count). The van der Waals surface area contributed by atoms with E-state index in [0.717, 1.165) is 20.8 Å². The van der Waals surface area contributed by atoms with Crippen molar-refractivity contribution in [3.05, 3.63) is 0 Å². The van der Waals surface area contributed by atoms with E-state index in [1.54, 1.807) is 0 Å². The molecule has 0 aromatic heterocycles. The molecule has 0 spiro atoms. The molecule has 0 heterocycles. The number of rotatable bonds is 4. The van der Waals surface area contributed by atoms with Gasteiger partial charge in [-0.05, 0) is 20.8 Å². The fourth-order valence-electron chi connectivity index (χ4n) is 0.859. The van der Waals surface area contributed by atoms with Crippen molar-refractivity contribution in [2.24, 2.45) is 0 Å². The maximum absolute atomic E-state index is 10.9. The van der Waals surface area contributed by atoms with Crippen LogP contribution < -0.4 is 0 Å². The summed E-state index contributed by atoms with van der Waals surface area (Å²) in [6.07, 6.45) is -1.56. The zero-order chi connectivity index (χ0) is 10.9. The number of ketones is 1. The van der Waals surface area contributed by atoms with Gasteiger partial charge < -0.3 is 20.4 Å². The van der Waals surface area contributed by atoms with Gasteiger partial charge in [-0.1, -0.05) is 0 Å². The highest BCUT2D eigenvalue weighted by atomic mass is 16.4. The van der Waals surface area contributed by atoms with Gasteiger partial charge in [0.05, 0.1) is 6.61 Å². The Balaban J connectivity index is 4.90. The first-order valence-electron chi connectivity index (χ1n) is 3.92.